The van der Waals surface area contributed by atoms with Gasteiger partial charge in [0.05, 0.1) is 5.56 Å². The largest absolute Gasteiger partial charge is 0.353 e. The highest BCUT2D eigenvalue weighted by atomic mass is 19.1. The molecule has 1 saturated heterocycles. The van der Waals surface area contributed by atoms with E-state index in [9.17, 15) is 18.4 Å². The van der Waals surface area contributed by atoms with Gasteiger partial charge in [-0.3, -0.25) is 9.59 Å². The molecule has 24 heavy (non-hydrogen) atoms. The van der Waals surface area contributed by atoms with Crippen molar-refractivity contribution in [2.24, 2.45) is 0 Å². The summed E-state index contributed by atoms with van der Waals surface area (Å²) in [6.07, 6.45) is 0.315. The third-order valence-electron chi connectivity index (χ3n) is 4.02. The van der Waals surface area contributed by atoms with E-state index < -0.39 is 23.6 Å². The molecule has 3 rings (SSSR count). The molecule has 2 amide bonds. The number of rotatable bonds is 3. The molecule has 0 spiro atoms. The summed E-state index contributed by atoms with van der Waals surface area (Å²) in [6.45, 7) is 0.533. The summed E-state index contributed by atoms with van der Waals surface area (Å²) in [5.74, 6) is -2.47. The first kappa shape index (κ1) is 16.1. The van der Waals surface area contributed by atoms with Crippen molar-refractivity contribution in [3.05, 3.63) is 71.3 Å². The minimum Gasteiger partial charge on any atom is -0.353 e. The maximum atomic E-state index is 13.9. The Morgan fingerprint density at radius 2 is 1.92 bits per heavy atom. The Hall–Kier alpha value is -2.76. The lowest BCUT2D eigenvalue weighted by molar-refractivity contribution is -0.127. The Labute approximate surface area is 138 Å². The summed E-state index contributed by atoms with van der Waals surface area (Å²) in [7, 11) is 0. The fourth-order valence-electron chi connectivity index (χ4n) is 2.81. The van der Waals surface area contributed by atoms with Gasteiger partial charge in [0.15, 0.2) is 0 Å². The normalized spacial score (nSPS) is 17.5. The number of nitrogens with one attached hydrogen (secondary N) is 1. The number of hydrogen-bond donors (Lipinski definition) is 1. The lowest BCUT2D eigenvalue weighted by atomic mass is 10.0. The molecule has 1 N–H and O–H groups in total. The first-order chi connectivity index (χ1) is 11.6. The highest BCUT2D eigenvalue weighted by Gasteiger charge is 2.34. The van der Waals surface area contributed by atoms with Crippen molar-refractivity contribution in [3.63, 3.8) is 0 Å². The van der Waals surface area contributed by atoms with Gasteiger partial charge in [-0.25, -0.2) is 8.78 Å². The zero-order valence-corrected chi connectivity index (χ0v) is 12.8. The molecule has 6 heteroatoms. The summed E-state index contributed by atoms with van der Waals surface area (Å²) in [6, 6.07) is 11.2. The van der Waals surface area contributed by atoms with E-state index in [0.29, 0.717) is 6.42 Å². The maximum absolute atomic E-state index is 13.9. The van der Waals surface area contributed by atoms with Crippen molar-refractivity contribution in [2.75, 3.05) is 13.1 Å². The van der Waals surface area contributed by atoms with Crippen LogP contribution >= 0.6 is 0 Å². The van der Waals surface area contributed by atoms with Crippen LogP contribution in [0.2, 0.25) is 0 Å². The van der Waals surface area contributed by atoms with Crippen molar-refractivity contribution in [2.45, 2.75) is 12.5 Å². The van der Waals surface area contributed by atoms with E-state index >= 15 is 0 Å². The van der Waals surface area contributed by atoms with Gasteiger partial charge in [0.2, 0.25) is 5.91 Å². The molecule has 0 radical (unpaired) electrons. The number of hydrogen-bond acceptors (Lipinski definition) is 2. The molecule has 1 fully saturated rings. The van der Waals surface area contributed by atoms with Crippen LogP contribution in [-0.4, -0.2) is 35.8 Å². The number of carbonyl (C=O) groups excluding carboxylic acids is 2. The Morgan fingerprint density at radius 3 is 2.67 bits per heavy atom. The summed E-state index contributed by atoms with van der Waals surface area (Å²) >= 11 is 0. The SMILES string of the molecule is O=C1NCCN(C(=O)c2cc(F)ccc2F)[C@@H]1Cc1ccccc1. The standard InChI is InChI=1S/C18H16F2N2O2/c19-13-6-7-15(20)14(11-13)18(24)22-9-8-21-17(23)16(22)10-12-4-2-1-3-5-12/h1-7,11,16H,8-10H2,(H,21,23)/t16-/m1/s1. The van der Waals surface area contributed by atoms with Crippen LogP contribution in [0.15, 0.2) is 48.5 Å². The van der Waals surface area contributed by atoms with E-state index in [1.54, 1.807) is 0 Å². The van der Waals surface area contributed by atoms with E-state index in [-0.39, 0.29) is 24.6 Å². The number of amides is 2. The molecule has 2 aromatic carbocycles. The van der Waals surface area contributed by atoms with Crippen LogP contribution in [0.1, 0.15) is 15.9 Å². The zero-order chi connectivity index (χ0) is 17.1. The molecule has 1 aliphatic rings. The van der Waals surface area contributed by atoms with E-state index in [0.717, 1.165) is 23.8 Å². The number of nitrogens with zero attached hydrogens (tertiary/aromatic N) is 1. The topological polar surface area (TPSA) is 49.4 Å². The fraction of sp³-hybridized carbons (Fsp3) is 0.222. The molecule has 2 aromatic rings. The quantitative estimate of drug-likeness (QED) is 0.937. The molecule has 0 aliphatic carbocycles. The van der Waals surface area contributed by atoms with Gasteiger partial charge in [0, 0.05) is 19.5 Å². The second-order valence-electron chi connectivity index (χ2n) is 5.62. The molecule has 0 unspecified atom stereocenters. The highest BCUT2D eigenvalue weighted by Crippen LogP contribution is 2.18. The monoisotopic (exact) mass is 330 g/mol. The average molecular weight is 330 g/mol. The van der Waals surface area contributed by atoms with Crippen molar-refractivity contribution in [1.82, 2.24) is 10.2 Å². The Kier molecular flexibility index (Phi) is 4.55. The maximum Gasteiger partial charge on any atom is 0.257 e. The molecule has 124 valence electrons. The van der Waals surface area contributed by atoms with E-state index in [1.807, 2.05) is 30.3 Å². The number of piperazine rings is 1. The van der Waals surface area contributed by atoms with Gasteiger partial charge >= 0.3 is 0 Å². The number of halogens is 2. The molecule has 0 aromatic heterocycles. The predicted octanol–water partition coefficient (Wildman–Crippen LogP) is 2.15. The first-order valence-corrected chi connectivity index (χ1v) is 7.64. The van der Waals surface area contributed by atoms with Gasteiger partial charge in [-0.2, -0.15) is 0 Å². The third-order valence-corrected chi connectivity index (χ3v) is 4.02. The van der Waals surface area contributed by atoms with Crippen molar-refractivity contribution < 1.29 is 18.4 Å². The number of carbonyl (C=O) groups is 2. The summed E-state index contributed by atoms with van der Waals surface area (Å²) < 4.78 is 27.3. The molecular weight excluding hydrogens is 314 g/mol. The van der Waals surface area contributed by atoms with Crippen LogP contribution in [0, 0.1) is 11.6 Å². The Morgan fingerprint density at radius 1 is 1.17 bits per heavy atom. The second kappa shape index (κ2) is 6.78. The lowest BCUT2D eigenvalue weighted by Crippen LogP contribution is -2.58. The van der Waals surface area contributed by atoms with E-state index in [4.69, 9.17) is 0 Å². The Bertz CT molecular complexity index is 765. The summed E-state index contributed by atoms with van der Waals surface area (Å²) in [5.41, 5.74) is 0.528. The van der Waals surface area contributed by atoms with Gasteiger partial charge in [0.25, 0.3) is 5.91 Å². The van der Waals surface area contributed by atoms with Gasteiger partial charge in [-0.1, -0.05) is 30.3 Å². The first-order valence-electron chi connectivity index (χ1n) is 7.64. The minimum absolute atomic E-state index is 0.248. The predicted molar refractivity (Wildman–Crippen MR) is 84.3 cm³/mol. The van der Waals surface area contributed by atoms with Crippen LogP contribution in [0.25, 0.3) is 0 Å². The van der Waals surface area contributed by atoms with Crippen molar-refractivity contribution in [1.29, 1.82) is 0 Å². The fourth-order valence-corrected chi connectivity index (χ4v) is 2.81. The van der Waals surface area contributed by atoms with Crippen LogP contribution in [0.5, 0.6) is 0 Å². The molecule has 1 atom stereocenters. The van der Waals surface area contributed by atoms with Crippen LogP contribution in [0.3, 0.4) is 0 Å². The minimum atomic E-state index is -0.800. The Balaban J connectivity index is 1.89. The second-order valence-corrected chi connectivity index (χ2v) is 5.62. The molecule has 1 heterocycles. The van der Waals surface area contributed by atoms with Crippen LogP contribution < -0.4 is 5.32 Å². The van der Waals surface area contributed by atoms with Gasteiger partial charge in [-0.15, -0.1) is 0 Å². The smallest absolute Gasteiger partial charge is 0.257 e. The molecule has 1 aliphatic heterocycles. The zero-order valence-electron chi connectivity index (χ0n) is 12.8. The molecular formula is C18H16F2N2O2. The molecule has 0 bridgehead atoms. The summed E-state index contributed by atoms with van der Waals surface area (Å²) in [4.78, 5) is 26.2. The highest BCUT2D eigenvalue weighted by molar-refractivity contribution is 5.98. The lowest BCUT2D eigenvalue weighted by Gasteiger charge is -2.35. The average Bonchev–Trinajstić information content (AvgIpc) is 2.59. The summed E-state index contributed by atoms with van der Waals surface area (Å²) in [5, 5.41) is 2.71. The van der Waals surface area contributed by atoms with E-state index in [1.165, 1.54) is 4.90 Å². The van der Waals surface area contributed by atoms with Crippen LogP contribution in [0.4, 0.5) is 8.78 Å². The third kappa shape index (κ3) is 3.27. The van der Waals surface area contributed by atoms with Crippen molar-refractivity contribution >= 4 is 11.8 Å². The van der Waals surface area contributed by atoms with Gasteiger partial charge < -0.3 is 10.2 Å². The van der Waals surface area contributed by atoms with E-state index in [2.05, 4.69) is 5.32 Å². The molecule has 4 nitrogen and oxygen atoms in total. The van der Waals surface area contributed by atoms with Crippen molar-refractivity contribution in [3.8, 4) is 0 Å². The van der Waals surface area contributed by atoms with Gasteiger partial charge in [-0.05, 0) is 23.8 Å². The molecule has 0 saturated carbocycles. The van der Waals surface area contributed by atoms with Gasteiger partial charge in [0.1, 0.15) is 17.7 Å². The van der Waals surface area contributed by atoms with Crippen LogP contribution in [-0.2, 0) is 11.2 Å². The number of benzene rings is 2.